The molecule has 6 nitrogen and oxygen atoms in total. The van der Waals surface area contributed by atoms with E-state index in [4.69, 9.17) is 11.6 Å². The first kappa shape index (κ1) is 23.5. The van der Waals surface area contributed by atoms with Gasteiger partial charge in [-0.3, -0.25) is 4.31 Å². The second-order valence-corrected chi connectivity index (χ2v) is 9.02. The highest BCUT2D eigenvalue weighted by Crippen LogP contribution is 2.25. The van der Waals surface area contributed by atoms with E-state index in [0.29, 0.717) is 5.02 Å². The van der Waals surface area contributed by atoms with Crippen LogP contribution in [0.5, 0.6) is 0 Å². The third-order valence-electron chi connectivity index (χ3n) is 4.46. The van der Waals surface area contributed by atoms with E-state index in [0.717, 1.165) is 4.31 Å². The van der Waals surface area contributed by atoms with Crippen LogP contribution >= 0.6 is 11.6 Å². The lowest BCUT2D eigenvalue weighted by atomic mass is 10.3. The number of hydrogen-bond donors (Lipinski definition) is 2. The third-order valence-corrected chi connectivity index (χ3v) is 6.56. The zero-order chi connectivity index (χ0) is 23.1. The minimum Gasteiger partial charge on any atom is -0.338 e. The van der Waals surface area contributed by atoms with Crippen LogP contribution in [-0.2, 0) is 10.0 Å². The molecule has 3 aromatic rings. The number of anilines is 2. The molecule has 0 aromatic heterocycles. The van der Waals surface area contributed by atoms with E-state index in [2.05, 4.69) is 10.6 Å². The summed E-state index contributed by atoms with van der Waals surface area (Å²) >= 11 is 5.86. The van der Waals surface area contributed by atoms with Crippen LogP contribution in [0.3, 0.4) is 0 Å². The van der Waals surface area contributed by atoms with E-state index >= 15 is 0 Å². The first-order chi connectivity index (χ1) is 15.3. The van der Waals surface area contributed by atoms with Crippen molar-refractivity contribution in [2.24, 2.45) is 0 Å². The van der Waals surface area contributed by atoms with Gasteiger partial charge in [-0.25, -0.2) is 22.0 Å². The molecule has 0 unspecified atom stereocenters. The lowest BCUT2D eigenvalue weighted by Crippen LogP contribution is -2.35. The molecule has 168 valence electrons. The van der Waals surface area contributed by atoms with Crippen molar-refractivity contribution in [2.75, 3.05) is 22.7 Å². The van der Waals surface area contributed by atoms with Gasteiger partial charge in [-0.15, -0.1) is 0 Å². The van der Waals surface area contributed by atoms with Gasteiger partial charge in [0, 0.05) is 18.1 Å². The van der Waals surface area contributed by atoms with Gasteiger partial charge in [0.2, 0.25) is 0 Å². The Morgan fingerprint density at radius 2 is 1.59 bits per heavy atom. The summed E-state index contributed by atoms with van der Waals surface area (Å²) in [6, 6.07) is 15.9. The van der Waals surface area contributed by atoms with Gasteiger partial charge in [0.15, 0.2) is 0 Å². The highest BCUT2D eigenvalue weighted by Gasteiger charge is 2.24. The summed E-state index contributed by atoms with van der Waals surface area (Å²) in [6.45, 7) is 0.130. The molecular formula is C22H20ClF2N3O3S. The Bertz CT molecular complexity index is 1170. The zero-order valence-electron chi connectivity index (χ0n) is 16.8. The Morgan fingerprint density at radius 1 is 0.938 bits per heavy atom. The molecule has 0 saturated heterocycles. The number of urea groups is 1. The number of para-hydroxylation sites is 1. The molecule has 32 heavy (non-hydrogen) atoms. The van der Waals surface area contributed by atoms with Gasteiger partial charge in [-0.05, 0) is 67.1 Å². The zero-order valence-corrected chi connectivity index (χ0v) is 18.3. The van der Waals surface area contributed by atoms with Crippen molar-refractivity contribution in [2.45, 2.75) is 11.3 Å². The Hall–Kier alpha value is -3.17. The van der Waals surface area contributed by atoms with Crippen molar-refractivity contribution in [1.29, 1.82) is 0 Å². The average molecular weight is 480 g/mol. The number of carbonyl (C=O) groups excluding carboxylic acids is 1. The normalized spacial score (nSPS) is 11.1. The minimum atomic E-state index is -3.96. The van der Waals surface area contributed by atoms with Gasteiger partial charge in [-0.2, -0.15) is 0 Å². The summed E-state index contributed by atoms with van der Waals surface area (Å²) < 4.78 is 54.5. The molecule has 0 aliphatic rings. The SMILES string of the molecule is O=C(NCCCN(c1ccc(F)cc1)S(=O)(=O)c1ccc(Cl)cc1)Nc1ccccc1F. The van der Waals surface area contributed by atoms with Crippen LogP contribution < -0.4 is 14.9 Å². The molecule has 3 aromatic carbocycles. The average Bonchev–Trinajstić information content (AvgIpc) is 2.76. The van der Waals surface area contributed by atoms with Crippen molar-refractivity contribution in [1.82, 2.24) is 5.32 Å². The number of amides is 2. The standard InChI is InChI=1S/C22H20ClF2N3O3S/c23-16-6-12-19(13-7-16)32(30,31)28(18-10-8-17(24)9-11-18)15-3-14-26-22(29)27-21-5-2-1-4-20(21)25/h1-2,4-13H,3,14-15H2,(H2,26,27,29). The van der Waals surface area contributed by atoms with Crippen LogP contribution in [0.1, 0.15) is 6.42 Å². The van der Waals surface area contributed by atoms with Crippen molar-refractivity contribution in [3.63, 3.8) is 0 Å². The molecule has 2 N–H and O–H groups in total. The van der Waals surface area contributed by atoms with Gasteiger partial charge >= 0.3 is 6.03 Å². The van der Waals surface area contributed by atoms with Gasteiger partial charge in [0.1, 0.15) is 11.6 Å². The quantitative estimate of drug-likeness (QED) is 0.445. The van der Waals surface area contributed by atoms with E-state index in [-0.39, 0.29) is 35.8 Å². The Morgan fingerprint density at radius 3 is 2.25 bits per heavy atom. The van der Waals surface area contributed by atoms with Crippen LogP contribution in [0.15, 0.2) is 77.7 Å². The molecule has 0 bridgehead atoms. The Kier molecular flexibility index (Phi) is 7.66. The van der Waals surface area contributed by atoms with Gasteiger partial charge in [-0.1, -0.05) is 23.7 Å². The number of carbonyl (C=O) groups is 1. The molecular weight excluding hydrogens is 460 g/mol. The molecule has 0 spiro atoms. The van der Waals surface area contributed by atoms with Crippen LogP contribution in [0.2, 0.25) is 5.02 Å². The maximum atomic E-state index is 13.6. The summed E-state index contributed by atoms with van der Waals surface area (Å²) in [5.41, 5.74) is 0.306. The fourth-order valence-corrected chi connectivity index (χ4v) is 4.51. The van der Waals surface area contributed by atoms with E-state index in [1.165, 1.54) is 66.7 Å². The van der Waals surface area contributed by atoms with Gasteiger partial charge in [0.05, 0.1) is 16.3 Å². The van der Waals surface area contributed by atoms with Crippen molar-refractivity contribution in [3.05, 3.63) is 89.5 Å². The second-order valence-electron chi connectivity index (χ2n) is 6.72. The topological polar surface area (TPSA) is 78.5 Å². The lowest BCUT2D eigenvalue weighted by molar-refractivity contribution is 0.252. The molecule has 0 atom stereocenters. The lowest BCUT2D eigenvalue weighted by Gasteiger charge is -2.24. The van der Waals surface area contributed by atoms with Crippen molar-refractivity contribution in [3.8, 4) is 0 Å². The first-order valence-electron chi connectivity index (χ1n) is 9.60. The predicted molar refractivity (Wildman–Crippen MR) is 120 cm³/mol. The maximum absolute atomic E-state index is 13.6. The Labute approximate surface area is 189 Å². The molecule has 3 rings (SSSR count). The number of rotatable bonds is 8. The first-order valence-corrected chi connectivity index (χ1v) is 11.4. The van der Waals surface area contributed by atoms with Crippen LogP contribution in [0.25, 0.3) is 0 Å². The summed E-state index contributed by atoms with van der Waals surface area (Å²) in [7, 11) is -3.96. The largest absolute Gasteiger partial charge is 0.338 e. The molecule has 0 fully saturated rings. The number of nitrogens with one attached hydrogen (secondary N) is 2. The number of nitrogens with zero attached hydrogens (tertiary/aromatic N) is 1. The van der Waals surface area contributed by atoms with Crippen LogP contribution in [0, 0.1) is 11.6 Å². The number of halogens is 3. The van der Waals surface area contributed by atoms with Crippen molar-refractivity contribution < 1.29 is 22.0 Å². The predicted octanol–water partition coefficient (Wildman–Crippen LogP) is 5.03. The summed E-state index contributed by atoms with van der Waals surface area (Å²) in [6.07, 6.45) is 0.245. The monoisotopic (exact) mass is 479 g/mol. The maximum Gasteiger partial charge on any atom is 0.319 e. The molecule has 0 saturated carbocycles. The smallest absolute Gasteiger partial charge is 0.319 e. The number of benzene rings is 3. The highest BCUT2D eigenvalue weighted by atomic mass is 35.5. The van der Waals surface area contributed by atoms with Gasteiger partial charge in [0.25, 0.3) is 10.0 Å². The Balaban J connectivity index is 1.68. The molecule has 0 aliphatic heterocycles. The number of hydrogen-bond acceptors (Lipinski definition) is 3. The van der Waals surface area contributed by atoms with E-state index in [9.17, 15) is 22.0 Å². The van der Waals surface area contributed by atoms with Gasteiger partial charge < -0.3 is 10.6 Å². The molecule has 10 heteroatoms. The fourth-order valence-electron chi connectivity index (χ4n) is 2.88. The van der Waals surface area contributed by atoms with E-state index < -0.39 is 27.7 Å². The minimum absolute atomic E-state index is 0.0105. The fraction of sp³-hybridized carbons (Fsp3) is 0.136. The second kappa shape index (κ2) is 10.4. The molecule has 2 amide bonds. The number of sulfonamides is 1. The summed E-state index contributed by atoms with van der Waals surface area (Å²) in [5.74, 6) is -1.07. The van der Waals surface area contributed by atoms with Crippen molar-refractivity contribution >= 4 is 39.0 Å². The van der Waals surface area contributed by atoms with Crippen LogP contribution in [-0.4, -0.2) is 27.5 Å². The molecule has 0 radical (unpaired) electrons. The molecule has 0 heterocycles. The molecule has 0 aliphatic carbocycles. The van der Waals surface area contributed by atoms with E-state index in [1.807, 2.05) is 0 Å². The van der Waals surface area contributed by atoms with Crippen LogP contribution in [0.4, 0.5) is 25.0 Å². The highest BCUT2D eigenvalue weighted by molar-refractivity contribution is 7.92. The van der Waals surface area contributed by atoms with E-state index in [1.54, 1.807) is 6.07 Å². The summed E-state index contributed by atoms with van der Waals surface area (Å²) in [5, 5.41) is 5.33. The third kappa shape index (κ3) is 5.95. The summed E-state index contributed by atoms with van der Waals surface area (Å²) in [4.78, 5) is 12.0.